The van der Waals surface area contributed by atoms with Gasteiger partial charge in [-0.25, -0.2) is 0 Å². The van der Waals surface area contributed by atoms with Gasteiger partial charge in [0.05, 0.1) is 5.60 Å². The summed E-state index contributed by atoms with van der Waals surface area (Å²) in [6.45, 7) is 8.10. The molecule has 14 heavy (non-hydrogen) atoms. The maximum Gasteiger partial charge on any atom is 0.122 e. The molecule has 3 nitrogen and oxygen atoms in total. The molecule has 0 bridgehead atoms. The van der Waals surface area contributed by atoms with Gasteiger partial charge in [0, 0.05) is 26.1 Å². The summed E-state index contributed by atoms with van der Waals surface area (Å²) in [4.78, 5) is 13.0. The Kier molecular flexibility index (Phi) is 4.55. The third-order valence-corrected chi connectivity index (χ3v) is 3.12. The minimum Gasteiger partial charge on any atom is -0.375 e. The minimum atomic E-state index is -0.151. The minimum absolute atomic E-state index is 0.151. The second kappa shape index (κ2) is 5.47. The van der Waals surface area contributed by atoms with Crippen LogP contribution in [-0.2, 0) is 9.53 Å². The van der Waals surface area contributed by atoms with Gasteiger partial charge in [-0.3, -0.25) is 0 Å². The van der Waals surface area contributed by atoms with Crippen LogP contribution in [0.4, 0.5) is 0 Å². The average molecular weight is 199 g/mol. The number of nitrogens with zero attached hydrogens (tertiary/aromatic N) is 1. The molecule has 0 atom stereocenters. The maximum absolute atomic E-state index is 10.6. The van der Waals surface area contributed by atoms with E-state index in [0.717, 1.165) is 38.8 Å². The fourth-order valence-corrected chi connectivity index (χ4v) is 2.14. The highest BCUT2D eigenvalue weighted by atomic mass is 16.5. The topological polar surface area (TPSA) is 29.5 Å². The fourth-order valence-electron chi connectivity index (χ4n) is 2.14. The Hall–Kier alpha value is -0.410. The third kappa shape index (κ3) is 2.79. The van der Waals surface area contributed by atoms with Crippen molar-refractivity contribution < 1.29 is 9.53 Å². The van der Waals surface area contributed by atoms with Crippen LogP contribution in [0.2, 0.25) is 0 Å². The summed E-state index contributed by atoms with van der Waals surface area (Å²) in [5.74, 6) is 0. The van der Waals surface area contributed by atoms with Crippen LogP contribution in [0.3, 0.4) is 0 Å². The SMILES string of the molecule is CCOC1(CC=O)CCN(CC)CC1. The van der Waals surface area contributed by atoms with Crippen molar-refractivity contribution >= 4 is 6.29 Å². The quantitative estimate of drug-likeness (QED) is 0.628. The molecule has 3 heteroatoms. The Morgan fingerprint density at radius 1 is 1.36 bits per heavy atom. The molecule has 0 amide bonds. The highest BCUT2D eigenvalue weighted by Gasteiger charge is 2.34. The van der Waals surface area contributed by atoms with E-state index in [0.29, 0.717) is 13.0 Å². The first-order valence-electron chi connectivity index (χ1n) is 5.56. The highest BCUT2D eigenvalue weighted by Crippen LogP contribution is 2.28. The Bertz CT molecular complexity index is 174. The largest absolute Gasteiger partial charge is 0.375 e. The standard InChI is InChI=1S/C11H21NO2/c1-3-12-8-5-11(6-9-12,7-10-13)14-4-2/h10H,3-9H2,1-2H3. The smallest absolute Gasteiger partial charge is 0.122 e. The van der Waals surface area contributed by atoms with Crippen molar-refractivity contribution in [2.24, 2.45) is 0 Å². The summed E-state index contributed by atoms with van der Waals surface area (Å²) < 4.78 is 5.75. The summed E-state index contributed by atoms with van der Waals surface area (Å²) in [5.41, 5.74) is -0.151. The van der Waals surface area contributed by atoms with E-state index < -0.39 is 0 Å². The molecule has 0 aromatic rings. The van der Waals surface area contributed by atoms with Crippen LogP contribution in [-0.4, -0.2) is 43.0 Å². The summed E-state index contributed by atoms with van der Waals surface area (Å²) in [6.07, 6.45) is 3.54. The van der Waals surface area contributed by atoms with Gasteiger partial charge in [-0.1, -0.05) is 6.92 Å². The maximum atomic E-state index is 10.6. The van der Waals surface area contributed by atoms with Gasteiger partial charge >= 0.3 is 0 Å². The predicted molar refractivity (Wildman–Crippen MR) is 56.4 cm³/mol. The number of likely N-dealkylation sites (tertiary alicyclic amines) is 1. The molecule has 1 aliphatic rings. The van der Waals surface area contributed by atoms with Crippen molar-refractivity contribution in [2.75, 3.05) is 26.2 Å². The number of aldehydes is 1. The van der Waals surface area contributed by atoms with Gasteiger partial charge in [-0.2, -0.15) is 0 Å². The van der Waals surface area contributed by atoms with Gasteiger partial charge in [-0.05, 0) is 26.3 Å². The number of hydrogen-bond donors (Lipinski definition) is 0. The Balaban J connectivity index is 2.49. The van der Waals surface area contributed by atoms with Crippen molar-refractivity contribution in [3.05, 3.63) is 0 Å². The monoisotopic (exact) mass is 199 g/mol. The molecule has 0 radical (unpaired) electrons. The number of carbonyl (C=O) groups is 1. The molecule has 1 heterocycles. The lowest BCUT2D eigenvalue weighted by Gasteiger charge is -2.40. The molecule has 1 aliphatic heterocycles. The van der Waals surface area contributed by atoms with Crippen molar-refractivity contribution in [3.8, 4) is 0 Å². The van der Waals surface area contributed by atoms with Crippen molar-refractivity contribution in [2.45, 2.75) is 38.7 Å². The van der Waals surface area contributed by atoms with Crippen molar-refractivity contribution in [3.63, 3.8) is 0 Å². The molecular formula is C11H21NO2. The van der Waals surface area contributed by atoms with E-state index in [2.05, 4.69) is 11.8 Å². The molecule has 0 unspecified atom stereocenters. The molecule has 0 spiro atoms. The number of hydrogen-bond acceptors (Lipinski definition) is 3. The lowest BCUT2D eigenvalue weighted by Crippen LogP contribution is -2.46. The summed E-state index contributed by atoms with van der Waals surface area (Å²) in [6, 6.07) is 0. The van der Waals surface area contributed by atoms with Gasteiger partial charge in [-0.15, -0.1) is 0 Å². The van der Waals surface area contributed by atoms with Gasteiger partial charge in [0.25, 0.3) is 0 Å². The van der Waals surface area contributed by atoms with E-state index in [9.17, 15) is 4.79 Å². The van der Waals surface area contributed by atoms with E-state index in [1.165, 1.54) is 0 Å². The van der Waals surface area contributed by atoms with Gasteiger partial charge < -0.3 is 14.4 Å². The zero-order chi connectivity index (χ0) is 10.4. The second-order valence-corrected chi connectivity index (χ2v) is 3.92. The predicted octanol–water partition coefficient (Wildman–Crippen LogP) is 1.47. The Morgan fingerprint density at radius 3 is 2.43 bits per heavy atom. The number of ether oxygens (including phenoxy) is 1. The fraction of sp³-hybridized carbons (Fsp3) is 0.909. The third-order valence-electron chi connectivity index (χ3n) is 3.12. The molecule has 0 aromatic heterocycles. The molecule has 0 saturated carbocycles. The molecule has 1 rings (SSSR count). The summed E-state index contributed by atoms with van der Waals surface area (Å²) in [7, 11) is 0. The lowest BCUT2D eigenvalue weighted by atomic mass is 9.88. The normalized spacial score (nSPS) is 22.1. The molecule has 0 aromatic carbocycles. The second-order valence-electron chi connectivity index (χ2n) is 3.92. The first kappa shape index (κ1) is 11.7. The number of rotatable bonds is 5. The van der Waals surface area contributed by atoms with Crippen LogP contribution in [0.25, 0.3) is 0 Å². The molecule has 1 saturated heterocycles. The van der Waals surface area contributed by atoms with Crippen LogP contribution >= 0.6 is 0 Å². The van der Waals surface area contributed by atoms with Crippen LogP contribution < -0.4 is 0 Å². The van der Waals surface area contributed by atoms with E-state index in [4.69, 9.17) is 4.74 Å². The van der Waals surface area contributed by atoms with Gasteiger partial charge in [0.1, 0.15) is 6.29 Å². The van der Waals surface area contributed by atoms with Crippen molar-refractivity contribution in [1.82, 2.24) is 4.90 Å². The van der Waals surface area contributed by atoms with E-state index >= 15 is 0 Å². The summed E-state index contributed by atoms with van der Waals surface area (Å²) >= 11 is 0. The Labute approximate surface area is 86.4 Å². The van der Waals surface area contributed by atoms with E-state index in [1.54, 1.807) is 0 Å². The van der Waals surface area contributed by atoms with E-state index in [1.807, 2.05) is 6.92 Å². The van der Waals surface area contributed by atoms with E-state index in [-0.39, 0.29) is 5.60 Å². The van der Waals surface area contributed by atoms with Crippen LogP contribution in [0.5, 0.6) is 0 Å². The zero-order valence-electron chi connectivity index (χ0n) is 9.29. The van der Waals surface area contributed by atoms with Crippen LogP contribution in [0, 0.1) is 0 Å². The van der Waals surface area contributed by atoms with Gasteiger partial charge in [0.15, 0.2) is 0 Å². The summed E-state index contributed by atoms with van der Waals surface area (Å²) in [5, 5.41) is 0. The molecule has 0 aliphatic carbocycles. The van der Waals surface area contributed by atoms with Crippen LogP contribution in [0.15, 0.2) is 0 Å². The Morgan fingerprint density at radius 2 is 2.00 bits per heavy atom. The number of carbonyl (C=O) groups excluding carboxylic acids is 1. The lowest BCUT2D eigenvalue weighted by molar-refractivity contribution is -0.121. The van der Waals surface area contributed by atoms with Crippen molar-refractivity contribution in [1.29, 1.82) is 0 Å². The zero-order valence-corrected chi connectivity index (χ0v) is 9.29. The van der Waals surface area contributed by atoms with Gasteiger partial charge in [0.2, 0.25) is 0 Å². The van der Waals surface area contributed by atoms with Crippen LogP contribution in [0.1, 0.15) is 33.1 Å². The molecule has 0 N–H and O–H groups in total. The highest BCUT2D eigenvalue weighted by molar-refractivity contribution is 5.51. The molecule has 82 valence electrons. The first-order chi connectivity index (χ1) is 6.76. The molecule has 1 fully saturated rings. The number of piperidine rings is 1. The first-order valence-corrected chi connectivity index (χ1v) is 5.56. The average Bonchev–Trinajstić information content (AvgIpc) is 2.20. The molecular weight excluding hydrogens is 178 g/mol.